The first-order valence-corrected chi connectivity index (χ1v) is 13.2. The van der Waals surface area contributed by atoms with E-state index >= 15 is 0 Å². The highest BCUT2D eigenvalue weighted by Crippen LogP contribution is 2.30. The number of hydrogen-bond acceptors (Lipinski definition) is 6. The summed E-state index contributed by atoms with van der Waals surface area (Å²) in [5.74, 6) is -0.616. The Morgan fingerprint density at radius 1 is 0.811 bits per heavy atom. The van der Waals surface area contributed by atoms with Gasteiger partial charge in [0.2, 0.25) is 0 Å². The minimum Gasteiger partial charge on any atom is -0.321 e. The molecule has 0 saturated heterocycles. The standard InChI is InChI=1S/C25H17Cl2N3O5S2/c26-17-4-9-20(10-5-17)37(34,35)29-22-12-6-18(27)14-21(22)25(31)28-23-11-3-16(13-24(23)36)15-1-7-19(8-2-15)30(32)33/h1-14,29,36H,(H,28,31). The number of nitro groups is 1. The zero-order chi connectivity index (χ0) is 26.7. The number of amides is 1. The third-order valence-electron chi connectivity index (χ3n) is 5.25. The van der Waals surface area contributed by atoms with Crippen LogP contribution in [-0.2, 0) is 10.0 Å². The van der Waals surface area contributed by atoms with Gasteiger partial charge < -0.3 is 5.32 Å². The number of benzene rings is 4. The Kier molecular flexibility index (Phi) is 7.74. The van der Waals surface area contributed by atoms with Gasteiger partial charge in [0.05, 0.1) is 26.8 Å². The lowest BCUT2D eigenvalue weighted by molar-refractivity contribution is -0.384. The first-order chi connectivity index (χ1) is 17.5. The van der Waals surface area contributed by atoms with Crippen molar-refractivity contribution in [1.29, 1.82) is 0 Å². The molecule has 0 aliphatic heterocycles. The number of nitrogens with zero attached hydrogens (tertiary/aromatic N) is 1. The summed E-state index contributed by atoms with van der Waals surface area (Å²) < 4.78 is 28.1. The van der Waals surface area contributed by atoms with Gasteiger partial charge in [-0.05, 0) is 77.9 Å². The number of rotatable bonds is 7. The Balaban J connectivity index is 1.58. The molecule has 0 heterocycles. The second-order valence-electron chi connectivity index (χ2n) is 7.74. The summed E-state index contributed by atoms with van der Waals surface area (Å²) in [5, 5.41) is 14.2. The Morgan fingerprint density at radius 2 is 1.41 bits per heavy atom. The maximum absolute atomic E-state index is 13.1. The molecule has 2 N–H and O–H groups in total. The molecule has 37 heavy (non-hydrogen) atoms. The summed E-state index contributed by atoms with van der Waals surface area (Å²) in [6, 6.07) is 20.9. The molecule has 0 aromatic heterocycles. The number of nitrogens with one attached hydrogen (secondary N) is 2. The monoisotopic (exact) mass is 573 g/mol. The Labute approximate surface area is 227 Å². The Bertz CT molecular complexity index is 1610. The van der Waals surface area contributed by atoms with E-state index in [4.69, 9.17) is 23.2 Å². The fraction of sp³-hybridized carbons (Fsp3) is 0. The molecule has 0 aliphatic rings. The summed E-state index contributed by atoms with van der Waals surface area (Å²) in [4.78, 5) is 23.9. The van der Waals surface area contributed by atoms with Gasteiger partial charge in [-0.2, -0.15) is 0 Å². The highest BCUT2D eigenvalue weighted by atomic mass is 35.5. The first-order valence-electron chi connectivity index (χ1n) is 10.5. The van der Waals surface area contributed by atoms with Crippen LogP contribution in [0, 0.1) is 10.1 Å². The molecule has 8 nitrogen and oxygen atoms in total. The maximum atomic E-state index is 13.1. The average molecular weight is 574 g/mol. The fourth-order valence-electron chi connectivity index (χ4n) is 3.39. The summed E-state index contributed by atoms with van der Waals surface area (Å²) in [6.45, 7) is 0. The van der Waals surface area contributed by atoms with Gasteiger partial charge in [-0.3, -0.25) is 19.6 Å². The van der Waals surface area contributed by atoms with Gasteiger partial charge in [-0.25, -0.2) is 8.42 Å². The number of hydrogen-bond donors (Lipinski definition) is 3. The van der Waals surface area contributed by atoms with E-state index in [0.717, 1.165) is 11.1 Å². The number of non-ortho nitro benzene ring substituents is 1. The molecule has 0 bridgehead atoms. The summed E-state index contributed by atoms with van der Waals surface area (Å²) in [5.41, 5.74) is 1.83. The van der Waals surface area contributed by atoms with Crippen molar-refractivity contribution in [2.24, 2.45) is 0 Å². The Hall–Kier alpha value is -3.57. The van der Waals surface area contributed by atoms with Gasteiger partial charge in [-0.15, -0.1) is 12.6 Å². The Morgan fingerprint density at radius 3 is 2.03 bits per heavy atom. The molecular formula is C25H17Cl2N3O5S2. The van der Waals surface area contributed by atoms with Crippen molar-refractivity contribution in [1.82, 2.24) is 0 Å². The van der Waals surface area contributed by atoms with Crippen LogP contribution in [0.3, 0.4) is 0 Å². The second-order valence-corrected chi connectivity index (χ2v) is 10.8. The number of anilines is 2. The van der Waals surface area contributed by atoms with Crippen molar-refractivity contribution in [3.8, 4) is 11.1 Å². The van der Waals surface area contributed by atoms with E-state index in [2.05, 4.69) is 22.7 Å². The van der Waals surface area contributed by atoms with Crippen LogP contribution in [0.15, 0.2) is 94.7 Å². The molecule has 1 amide bonds. The van der Waals surface area contributed by atoms with Crippen LogP contribution in [0.1, 0.15) is 10.4 Å². The van der Waals surface area contributed by atoms with Crippen molar-refractivity contribution >= 4 is 68.8 Å². The van der Waals surface area contributed by atoms with Gasteiger partial charge >= 0.3 is 0 Å². The van der Waals surface area contributed by atoms with Crippen LogP contribution in [0.25, 0.3) is 11.1 Å². The number of carbonyl (C=O) groups is 1. The molecule has 4 aromatic rings. The zero-order valence-corrected chi connectivity index (χ0v) is 21.9. The van der Waals surface area contributed by atoms with Crippen LogP contribution in [0.2, 0.25) is 10.0 Å². The molecule has 4 aromatic carbocycles. The van der Waals surface area contributed by atoms with Crippen LogP contribution in [0.5, 0.6) is 0 Å². The molecule has 0 unspecified atom stereocenters. The molecule has 0 atom stereocenters. The molecule has 0 spiro atoms. The lowest BCUT2D eigenvalue weighted by Gasteiger charge is -2.15. The van der Waals surface area contributed by atoms with E-state index in [1.165, 1.54) is 54.6 Å². The molecular weight excluding hydrogens is 557 g/mol. The molecule has 0 radical (unpaired) electrons. The SMILES string of the molecule is O=C(Nc1ccc(-c2ccc([N+](=O)[O-])cc2)cc1S)c1cc(Cl)ccc1NS(=O)(=O)c1ccc(Cl)cc1. The normalized spacial score (nSPS) is 11.1. The molecule has 0 fully saturated rings. The number of halogens is 2. The highest BCUT2D eigenvalue weighted by molar-refractivity contribution is 7.92. The summed E-state index contributed by atoms with van der Waals surface area (Å²) >= 11 is 16.4. The largest absolute Gasteiger partial charge is 0.321 e. The highest BCUT2D eigenvalue weighted by Gasteiger charge is 2.20. The summed E-state index contributed by atoms with van der Waals surface area (Å²) in [6.07, 6.45) is 0. The van der Waals surface area contributed by atoms with Crippen LogP contribution in [0.4, 0.5) is 17.1 Å². The number of sulfonamides is 1. The maximum Gasteiger partial charge on any atom is 0.269 e. The molecule has 4 rings (SSSR count). The molecule has 12 heteroatoms. The van der Waals surface area contributed by atoms with Crippen LogP contribution >= 0.6 is 35.8 Å². The van der Waals surface area contributed by atoms with Crippen molar-refractivity contribution in [2.45, 2.75) is 9.79 Å². The van der Waals surface area contributed by atoms with Gasteiger partial charge in [0.15, 0.2) is 0 Å². The van der Waals surface area contributed by atoms with Crippen molar-refractivity contribution in [3.05, 3.63) is 111 Å². The predicted octanol–water partition coefficient (Wildman–Crippen LogP) is 6.91. The minimum absolute atomic E-state index is 0.00258. The van der Waals surface area contributed by atoms with E-state index < -0.39 is 20.9 Å². The molecule has 0 saturated carbocycles. The van der Waals surface area contributed by atoms with E-state index in [-0.39, 0.29) is 26.9 Å². The van der Waals surface area contributed by atoms with Gasteiger partial charge in [0.25, 0.3) is 21.6 Å². The third kappa shape index (κ3) is 6.23. The number of carbonyl (C=O) groups excluding carboxylic acids is 1. The van der Waals surface area contributed by atoms with Crippen molar-refractivity contribution in [2.75, 3.05) is 10.0 Å². The van der Waals surface area contributed by atoms with Crippen LogP contribution in [-0.4, -0.2) is 19.2 Å². The van der Waals surface area contributed by atoms with E-state index in [9.17, 15) is 23.3 Å². The lowest BCUT2D eigenvalue weighted by Crippen LogP contribution is -2.19. The average Bonchev–Trinajstić information content (AvgIpc) is 2.86. The van der Waals surface area contributed by atoms with E-state index in [1.807, 2.05) is 0 Å². The molecule has 188 valence electrons. The second kappa shape index (κ2) is 10.8. The minimum atomic E-state index is -4.01. The van der Waals surface area contributed by atoms with Crippen molar-refractivity contribution in [3.63, 3.8) is 0 Å². The first kappa shape index (κ1) is 26.5. The molecule has 0 aliphatic carbocycles. The predicted molar refractivity (Wildman–Crippen MR) is 147 cm³/mol. The fourth-order valence-corrected chi connectivity index (χ4v) is 5.04. The van der Waals surface area contributed by atoms with Gasteiger partial charge in [0.1, 0.15) is 0 Å². The smallest absolute Gasteiger partial charge is 0.269 e. The van der Waals surface area contributed by atoms with Crippen LogP contribution < -0.4 is 10.0 Å². The quantitative estimate of drug-likeness (QED) is 0.126. The number of nitro benzene ring substituents is 1. The van der Waals surface area contributed by atoms with Crippen molar-refractivity contribution < 1.29 is 18.1 Å². The topological polar surface area (TPSA) is 118 Å². The summed E-state index contributed by atoms with van der Waals surface area (Å²) in [7, 11) is -4.01. The third-order valence-corrected chi connectivity index (χ3v) is 7.49. The van der Waals surface area contributed by atoms with Gasteiger partial charge in [-0.1, -0.05) is 29.3 Å². The van der Waals surface area contributed by atoms with E-state index in [1.54, 1.807) is 30.3 Å². The zero-order valence-electron chi connectivity index (χ0n) is 18.7. The van der Waals surface area contributed by atoms with Gasteiger partial charge in [0, 0.05) is 27.1 Å². The number of thiol groups is 1. The van der Waals surface area contributed by atoms with E-state index in [0.29, 0.717) is 15.6 Å². The lowest BCUT2D eigenvalue weighted by atomic mass is 10.0.